The number of aryl methyl sites for hydroxylation is 2. The maximum absolute atomic E-state index is 12.5. The molecule has 0 saturated carbocycles. The van der Waals surface area contributed by atoms with E-state index in [0.29, 0.717) is 36.1 Å². The fourth-order valence-corrected chi connectivity index (χ4v) is 3.05. The predicted octanol–water partition coefficient (Wildman–Crippen LogP) is 4.01. The zero-order valence-corrected chi connectivity index (χ0v) is 16.2. The van der Waals surface area contributed by atoms with Gasteiger partial charge in [0.1, 0.15) is 17.5 Å². The molecule has 0 atom stereocenters. The molecule has 3 aromatic rings. The quantitative estimate of drug-likeness (QED) is 0.627. The van der Waals surface area contributed by atoms with Crippen molar-refractivity contribution in [3.8, 4) is 5.75 Å². The molecule has 0 spiro atoms. The molecule has 27 heavy (non-hydrogen) atoms. The third-order valence-electron chi connectivity index (χ3n) is 4.14. The number of carbonyl (C=O) groups is 1. The zero-order valence-electron chi connectivity index (χ0n) is 15.4. The van der Waals surface area contributed by atoms with Crippen molar-refractivity contribution in [3.05, 3.63) is 82.1 Å². The largest absolute Gasteiger partial charge is 0.492 e. The van der Waals surface area contributed by atoms with Crippen molar-refractivity contribution in [1.29, 1.82) is 0 Å². The number of nitrogens with zero attached hydrogens (tertiary/aromatic N) is 2. The van der Waals surface area contributed by atoms with E-state index in [1.54, 1.807) is 11.6 Å². The lowest BCUT2D eigenvalue weighted by molar-refractivity contribution is 0.0946. The molecule has 1 aromatic heterocycles. The lowest BCUT2D eigenvalue weighted by atomic mass is 10.2. The second-order valence-electron chi connectivity index (χ2n) is 6.31. The van der Waals surface area contributed by atoms with Gasteiger partial charge in [0, 0.05) is 0 Å². The minimum absolute atomic E-state index is 0.246. The van der Waals surface area contributed by atoms with Crippen LogP contribution in [0, 0.1) is 13.8 Å². The molecule has 0 saturated heterocycles. The van der Waals surface area contributed by atoms with Crippen LogP contribution in [0.15, 0.2) is 54.6 Å². The van der Waals surface area contributed by atoms with E-state index in [-0.39, 0.29) is 5.91 Å². The minimum Gasteiger partial charge on any atom is -0.492 e. The fourth-order valence-electron chi connectivity index (χ4n) is 2.73. The Morgan fingerprint density at radius 2 is 1.81 bits per heavy atom. The van der Waals surface area contributed by atoms with E-state index >= 15 is 0 Å². The number of hydrogen-bond acceptors (Lipinski definition) is 3. The topological polar surface area (TPSA) is 56.1 Å². The first-order valence-electron chi connectivity index (χ1n) is 8.79. The van der Waals surface area contributed by atoms with Crippen LogP contribution in [0.1, 0.15) is 27.2 Å². The Balaban J connectivity index is 1.57. The van der Waals surface area contributed by atoms with Crippen LogP contribution in [0.2, 0.25) is 5.15 Å². The van der Waals surface area contributed by atoms with Gasteiger partial charge < -0.3 is 10.1 Å². The average molecular weight is 384 g/mol. The maximum atomic E-state index is 12.5. The van der Waals surface area contributed by atoms with Crippen LogP contribution in [0.3, 0.4) is 0 Å². The van der Waals surface area contributed by atoms with Crippen LogP contribution >= 0.6 is 11.6 Å². The molecule has 140 valence electrons. The fraction of sp³-hybridized carbons (Fsp3) is 0.238. The molecule has 0 bridgehead atoms. The van der Waals surface area contributed by atoms with Crippen LogP contribution in [-0.2, 0) is 6.54 Å². The summed E-state index contributed by atoms with van der Waals surface area (Å²) in [4.78, 5) is 12.5. The summed E-state index contributed by atoms with van der Waals surface area (Å²) >= 11 is 6.41. The van der Waals surface area contributed by atoms with Gasteiger partial charge in [-0.2, -0.15) is 5.10 Å². The Morgan fingerprint density at radius 1 is 1.11 bits per heavy atom. The van der Waals surface area contributed by atoms with Crippen LogP contribution in [0.5, 0.6) is 5.75 Å². The van der Waals surface area contributed by atoms with E-state index in [4.69, 9.17) is 16.3 Å². The molecule has 1 amide bonds. The van der Waals surface area contributed by atoms with Crippen molar-refractivity contribution >= 4 is 17.5 Å². The molecule has 0 radical (unpaired) electrons. The molecule has 0 aliphatic rings. The van der Waals surface area contributed by atoms with E-state index in [1.807, 2.05) is 61.5 Å². The number of rotatable bonds is 7. The molecule has 0 aliphatic heterocycles. The Labute approximate surface area is 163 Å². The first kappa shape index (κ1) is 19.0. The SMILES string of the molecule is Cc1ccc(OCCNC(=O)c2c(C)nn(Cc3ccccc3)c2Cl)cc1. The highest BCUT2D eigenvalue weighted by atomic mass is 35.5. The number of aromatic nitrogens is 2. The summed E-state index contributed by atoms with van der Waals surface area (Å²) in [5.41, 5.74) is 3.25. The van der Waals surface area contributed by atoms with Crippen molar-refractivity contribution < 1.29 is 9.53 Å². The van der Waals surface area contributed by atoms with Gasteiger partial charge in [-0.15, -0.1) is 0 Å². The van der Waals surface area contributed by atoms with Crippen LogP contribution in [0.25, 0.3) is 0 Å². The average Bonchev–Trinajstić information content (AvgIpc) is 2.94. The van der Waals surface area contributed by atoms with Gasteiger partial charge in [0.15, 0.2) is 0 Å². The number of amides is 1. The van der Waals surface area contributed by atoms with Gasteiger partial charge in [0.2, 0.25) is 0 Å². The van der Waals surface area contributed by atoms with Gasteiger partial charge in [-0.25, -0.2) is 4.68 Å². The Bertz CT molecular complexity index is 905. The molecule has 5 nitrogen and oxygen atoms in total. The van der Waals surface area contributed by atoms with Gasteiger partial charge in [-0.05, 0) is 31.5 Å². The molecule has 1 N–H and O–H groups in total. The normalized spacial score (nSPS) is 10.6. The molecular weight excluding hydrogens is 362 g/mol. The summed E-state index contributed by atoms with van der Waals surface area (Å²) < 4.78 is 7.27. The number of benzene rings is 2. The van der Waals surface area contributed by atoms with Crippen molar-refractivity contribution in [1.82, 2.24) is 15.1 Å². The van der Waals surface area contributed by atoms with E-state index in [1.165, 1.54) is 5.56 Å². The monoisotopic (exact) mass is 383 g/mol. The summed E-state index contributed by atoms with van der Waals surface area (Å²) in [6.45, 7) is 5.08. The van der Waals surface area contributed by atoms with Crippen LogP contribution in [0.4, 0.5) is 0 Å². The van der Waals surface area contributed by atoms with Gasteiger partial charge >= 0.3 is 0 Å². The molecule has 6 heteroatoms. The Hall–Kier alpha value is -2.79. The first-order valence-corrected chi connectivity index (χ1v) is 9.17. The van der Waals surface area contributed by atoms with Crippen LogP contribution in [-0.4, -0.2) is 28.8 Å². The minimum atomic E-state index is -0.246. The molecule has 0 unspecified atom stereocenters. The third kappa shape index (κ3) is 4.89. The van der Waals surface area contributed by atoms with Crippen LogP contribution < -0.4 is 10.1 Å². The highest BCUT2D eigenvalue weighted by Crippen LogP contribution is 2.21. The molecular formula is C21H22ClN3O2. The summed E-state index contributed by atoms with van der Waals surface area (Å²) in [5.74, 6) is 0.532. The predicted molar refractivity (Wildman–Crippen MR) is 107 cm³/mol. The number of nitrogens with one attached hydrogen (secondary N) is 1. The number of halogens is 1. The number of hydrogen-bond donors (Lipinski definition) is 1. The number of carbonyl (C=O) groups excluding carboxylic acids is 1. The molecule has 2 aromatic carbocycles. The molecule has 3 rings (SSSR count). The number of ether oxygens (including phenoxy) is 1. The lowest BCUT2D eigenvalue weighted by Crippen LogP contribution is -2.28. The molecule has 0 fully saturated rings. The highest BCUT2D eigenvalue weighted by Gasteiger charge is 2.20. The lowest BCUT2D eigenvalue weighted by Gasteiger charge is -2.08. The summed E-state index contributed by atoms with van der Waals surface area (Å²) in [6.07, 6.45) is 0. The second kappa shape index (κ2) is 8.73. The Kier molecular flexibility index (Phi) is 6.14. The third-order valence-corrected chi connectivity index (χ3v) is 4.53. The van der Waals surface area contributed by atoms with Crippen molar-refractivity contribution in [2.45, 2.75) is 20.4 Å². The summed E-state index contributed by atoms with van der Waals surface area (Å²) in [6, 6.07) is 17.7. The summed E-state index contributed by atoms with van der Waals surface area (Å²) in [7, 11) is 0. The van der Waals surface area contributed by atoms with E-state index in [0.717, 1.165) is 11.3 Å². The van der Waals surface area contributed by atoms with E-state index < -0.39 is 0 Å². The summed E-state index contributed by atoms with van der Waals surface area (Å²) in [5, 5.41) is 7.58. The van der Waals surface area contributed by atoms with E-state index in [2.05, 4.69) is 10.4 Å². The van der Waals surface area contributed by atoms with Gasteiger partial charge in [0.25, 0.3) is 5.91 Å². The molecule has 1 heterocycles. The van der Waals surface area contributed by atoms with Crippen molar-refractivity contribution in [2.24, 2.45) is 0 Å². The molecule has 0 aliphatic carbocycles. The van der Waals surface area contributed by atoms with Gasteiger partial charge in [-0.3, -0.25) is 4.79 Å². The smallest absolute Gasteiger partial charge is 0.256 e. The van der Waals surface area contributed by atoms with Gasteiger partial charge in [-0.1, -0.05) is 59.6 Å². The van der Waals surface area contributed by atoms with E-state index in [9.17, 15) is 4.79 Å². The van der Waals surface area contributed by atoms with Crippen molar-refractivity contribution in [3.63, 3.8) is 0 Å². The Morgan fingerprint density at radius 3 is 2.52 bits per heavy atom. The van der Waals surface area contributed by atoms with Gasteiger partial charge in [0.05, 0.1) is 24.3 Å². The zero-order chi connectivity index (χ0) is 19.2. The highest BCUT2D eigenvalue weighted by molar-refractivity contribution is 6.33. The first-order chi connectivity index (χ1) is 13.0. The standard InChI is InChI=1S/C21H22ClN3O2/c1-15-8-10-18(11-9-15)27-13-12-23-21(26)19-16(2)24-25(20(19)22)14-17-6-4-3-5-7-17/h3-11H,12-14H2,1-2H3,(H,23,26). The second-order valence-corrected chi connectivity index (χ2v) is 6.67. The maximum Gasteiger partial charge on any atom is 0.256 e. The van der Waals surface area contributed by atoms with Crippen molar-refractivity contribution in [2.75, 3.05) is 13.2 Å².